The van der Waals surface area contributed by atoms with Crippen LogP contribution >= 0.6 is 0 Å². The molecule has 2 aliphatic rings. The topological polar surface area (TPSA) is 64.4 Å². The highest BCUT2D eigenvalue weighted by Gasteiger charge is 2.32. The lowest BCUT2D eigenvalue weighted by Gasteiger charge is -2.34. The van der Waals surface area contributed by atoms with Crippen molar-refractivity contribution >= 4 is 5.91 Å². The first-order valence-corrected chi connectivity index (χ1v) is 7.71. The van der Waals surface area contributed by atoms with E-state index in [1.54, 1.807) is 0 Å². The summed E-state index contributed by atoms with van der Waals surface area (Å²) in [5.74, 6) is 1.37. The van der Waals surface area contributed by atoms with Crippen LogP contribution in [-0.4, -0.2) is 31.2 Å². The minimum Gasteiger partial charge on any atom is -0.381 e. The highest BCUT2D eigenvalue weighted by molar-refractivity contribution is 5.79. The minimum absolute atomic E-state index is 0.155. The predicted octanol–water partition coefficient (Wildman–Crippen LogP) is 1.68. The van der Waals surface area contributed by atoms with Gasteiger partial charge < -0.3 is 15.8 Å². The maximum atomic E-state index is 12.4. The van der Waals surface area contributed by atoms with Gasteiger partial charge in [0.15, 0.2) is 0 Å². The molecule has 110 valence electrons. The van der Waals surface area contributed by atoms with Gasteiger partial charge in [0.25, 0.3) is 0 Å². The first-order valence-electron chi connectivity index (χ1n) is 7.71. The zero-order valence-corrected chi connectivity index (χ0v) is 12.2. The molecular formula is C15H28N2O2. The standard InChI is InChI=1S/C15H28N2O2/c1-10-9-13(16)3-4-14(10)15(18)17-11(2)12-5-7-19-8-6-12/h10-14H,3-9,16H2,1-2H3,(H,17,18). The summed E-state index contributed by atoms with van der Waals surface area (Å²) in [5.41, 5.74) is 5.96. The molecule has 4 atom stereocenters. The maximum absolute atomic E-state index is 12.4. The van der Waals surface area contributed by atoms with Gasteiger partial charge in [-0.3, -0.25) is 4.79 Å². The van der Waals surface area contributed by atoms with E-state index < -0.39 is 0 Å². The summed E-state index contributed by atoms with van der Waals surface area (Å²) in [7, 11) is 0. The third kappa shape index (κ3) is 3.93. The van der Waals surface area contributed by atoms with Gasteiger partial charge in [0.1, 0.15) is 0 Å². The number of nitrogens with two attached hydrogens (primary N) is 1. The van der Waals surface area contributed by atoms with E-state index in [1.165, 1.54) is 0 Å². The molecule has 19 heavy (non-hydrogen) atoms. The second kappa shape index (κ2) is 6.71. The van der Waals surface area contributed by atoms with E-state index in [2.05, 4.69) is 19.2 Å². The number of hydrogen-bond acceptors (Lipinski definition) is 3. The normalized spacial score (nSPS) is 34.8. The summed E-state index contributed by atoms with van der Waals surface area (Å²) in [6, 6.07) is 0.547. The summed E-state index contributed by atoms with van der Waals surface area (Å²) in [4.78, 5) is 12.4. The second-order valence-corrected chi connectivity index (χ2v) is 6.40. The van der Waals surface area contributed by atoms with Crippen molar-refractivity contribution in [3.05, 3.63) is 0 Å². The van der Waals surface area contributed by atoms with Crippen molar-refractivity contribution in [1.82, 2.24) is 5.32 Å². The molecule has 0 aromatic heterocycles. The monoisotopic (exact) mass is 268 g/mol. The summed E-state index contributed by atoms with van der Waals surface area (Å²) in [6.45, 7) is 5.95. The fraction of sp³-hybridized carbons (Fsp3) is 0.933. The smallest absolute Gasteiger partial charge is 0.223 e. The first kappa shape index (κ1) is 14.8. The van der Waals surface area contributed by atoms with Crippen LogP contribution in [0.2, 0.25) is 0 Å². The van der Waals surface area contributed by atoms with Gasteiger partial charge >= 0.3 is 0 Å². The Morgan fingerprint density at radius 1 is 1.26 bits per heavy atom. The van der Waals surface area contributed by atoms with Crippen LogP contribution < -0.4 is 11.1 Å². The molecular weight excluding hydrogens is 240 g/mol. The Hall–Kier alpha value is -0.610. The zero-order chi connectivity index (χ0) is 13.8. The van der Waals surface area contributed by atoms with Crippen molar-refractivity contribution in [2.75, 3.05) is 13.2 Å². The molecule has 0 spiro atoms. The SMILES string of the molecule is CC1CC(N)CCC1C(=O)NC(C)C1CCOCC1. The zero-order valence-electron chi connectivity index (χ0n) is 12.2. The van der Waals surface area contributed by atoms with Crippen molar-refractivity contribution in [2.24, 2.45) is 23.5 Å². The summed E-state index contributed by atoms with van der Waals surface area (Å²) >= 11 is 0. The number of nitrogens with one attached hydrogen (secondary N) is 1. The van der Waals surface area contributed by atoms with E-state index in [9.17, 15) is 4.79 Å². The molecule has 3 N–H and O–H groups in total. The first-order chi connectivity index (χ1) is 9.08. The Labute approximate surface area is 116 Å². The molecule has 0 bridgehead atoms. The van der Waals surface area contributed by atoms with Crippen LogP contribution in [0.4, 0.5) is 0 Å². The van der Waals surface area contributed by atoms with E-state index in [4.69, 9.17) is 10.5 Å². The molecule has 4 unspecified atom stereocenters. The van der Waals surface area contributed by atoms with Crippen LogP contribution in [0.1, 0.15) is 46.0 Å². The third-order valence-electron chi connectivity index (χ3n) is 4.89. The number of carbonyl (C=O) groups is 1. The molecule has 4 nitrogen and oxygen atoms in total. The van der Waals surface area contributed by atoms with Gasteiger partial charge in [-0.15, -0.1) is 0 Å². The van der Waals surface area contributed by atoms with Crippen molar-refractivity contribution in [1.29, 1.82) is 0 Å². The Balaban J connectivity index is 1.82. The van der Waals surface area contributed by atoms with Gasteiger partial charge in [-0.05, 0) is 50.9 Å². The lowest BCUT2D eigenvalue weighted by Crippen LogP contribution is -2.46. The third-order valence-corrected chi connectivity index (χ3v) is 4.89. The van der Waals surface area contributed by atoms with Gasteiger partial charge in [0.05, 0.1) is 0 Å². The molecule has 1 saturated carbocycles. The summed E-state index contributed by atoms with van der Waals surface area (Å²) in [5, 5.41) is 3.23. The van der Waals surface area contributed by atoms with E-state index in [0.717, 1.165) is 45.3 Å². The number of rotatable bonds is 3. The van der Waals surface area contributed by atoms with Crippen LogP contribution in [0.15, 0.2) is 0 Å². The van der Waals surface area contributed by atoms with Crippen molar-refractivity contribution in [2.45, 2.75) is 58.0 Å². The fourth-order valence-electron chi connectivity index (χ4n) is 3.49. The van der Waals surface area contributed by atoms with E-state index in [-0.39, 0.29) is 23.9 Å². The van der Waals surface area contributed by atoms with Crippen LogP contribution in [0, 0.1) is 17.8 Å². The van der Waals surface area contributed by atoms with E-state index >= 15 is 0 Å². The van der Waals surface area contributed by atoms with Gasteiger partial charge in [-0.1, -0.05) is 6.92 Å². The Kier molecular flexibility index (Phi) is 5.22. The fourth-order valence-corrected chi connectivity index (χ4v) is 3.49. The van der Waals surface area contributed by atoms with Gasteiger partial charge in [-0.2, -0.15) is 0 Å². The predicted molar refractivity (Wildman–Crippen MR) is 75.6 cm³/mol. The van der Waals surface area contributed by atoms with E-state index in [1.807, 2.05) is 0 Å². The Morgan fingerprint density at radius 2 is 1.95 bits per heavy atom. The number of carbonyl (C=O) groups excluding carboxylic acids is 1. The van der Waals surface area contributed by atoms with Gasteiger partial charge in [0.2, 0.25) is 5.91 Å². The van der Waals surface area contributed by atoms with Crippen LogP contribution in [-0.2, 0) is 9.53 Å². The quantitative estimate of drug-likeness (QED) is 0.818. The van der Waals surface area contributed by atoms with Crippen molar-refractivity contribution in [3.8, 4) is 0 Å². The average Bonchev–Trinajstić information content (AvgIpc) is 2.39. The maximum Gasteiger partial charge on any atom is 0.223 e. The second-order valence-electron chi connectivity index (χ2n) is 6.40. The number of hydrogen-bond donors (Lipinski definition) is 2. The minimum atomic E-state index is 0.155. The van der Waals surface area contributed by atoms with Gasteiger partial charge in [0, 0.05) is 31.2 Å². The molecule has 1 saturated heterocycles. The molecule has 1 amide bonds. The van der Waals surface area contributed by atoms with Gasteiger partial charge in [-0.25, -0.2) is 0 Å². The van der Waals surface area contributed by atoms with Crippen molar-refractivity contribution < 1.29 is 9.53 Å². The Bertz CT molecular complexity index is 303. The largest absolute Gasteiger partial charge is 0.381 e. The number of ether oxygens (including phenoxy) is 1. The van der Waals surface area contributed by atoms with Crippen LogP contribution in [0.3, 0.4) is 0 Å². The molecule has 0 aromatic rings. The van der Waals surface area contributed by atoms with Crippen LogP contribution in [0.5, 0.6) is 0 Å². The summed E-state index contributed by atoms with van der Waals surface area (Å²) in [6.07, 6.45) is 5.02. The molecule has 1 aliphatic heterocycles. The van der Waals surface area contributed by atoms with Crippen LogP contribution in [0.25, 0.3) is 0 Å². The molecule has 4 heteroatoms. The molecule has 2 rings (SSSR count). The lowest BCUT2D eigenvalue weighted by atomic mass is 9.77. The highest BCUT2D eigenvalue weighted by atomic mass is 16.5. The van der Waals surface area contributed by atoms with Crippen molar-refractivity contribution in [3.63, 3.8) is 0 Å². The average molecular weight is 268 g/mol. The molecule has 1 heterocycles. The highest BCUT2D eigenvalue weighted by Crippen LogP contribution is 2.29. The molecule has 0 aromatic carbocycles. The lowest BCUT2D eigenvalue weighted by molar-refractivity contribution is -0.128. The number of amides is 1. The molecule has 2 fully saturated rings. The Morgan fingerprint density at radius 3 is 2.58 bits per heavy atom. The van der Waals surface area contributed by atoms with E-state index in [0.29, 0.717) is 11.8 Å². The molecule has 1 aliphatic carbocycles. The molecule has 0 radical (unpaired) electrons. The summed E-state index contributed by atoms with van der Waals surface area (Å²) < 4.78 is 5.37.